The standard InChI is InChI=1S/C18H19FN2O2/c1-11-2-6-14(20)9-15(11)18(22)21-16-7-5-13(19)8-17(16)23-10-12-3-4-12/h2,5-9,12H,3-4,10,20H2,1H3,(H,21,22). The molecule has 1 aliphatic carbocycles. The van der Waals surface area contributed by atoms with Gasteiger partial charge in [-0.25, -0.2) is 4.39 Å². The first-order valence-corrected chi connectivity index (χ1v) is 7.63. The number of benzene rings is 2. The monoisotopic (exact) mass is 314 g/mol. The first kappa shape index (κ1) is 15.3. The number of ether oxygens (including phenoxy) is 1. The summed E-state index contributed by atoms with van der Waals surface area (Å²) in [5.41, 5.74) is 8.03. The molecule has 1 fully saturated rings. The van der Waals surface area contributed by atoms with E-state index < -0.39 is 5.82 Å². The Kier molecular flexibility index (Phi) is 4.19. The second-order valence-electron chi connectivity index (χ2n) is 5.92. The minimum atomic E-state index is -0.395. The molecule has 0 spiro atoms. The third kappa shape index (κ3) is 3.80. The molecule has 1 saturated carbocycles. The van der Waals surface area contributed by atoms with Crippen LogP contribution in [0.2, 0.25) is 0 Å². The van der Waals surface area contributed by atoms with E-state index in [9.17, 15) is 9.18 Å². The highest BCUT2D eigenvalue weighted by Gasteiger charge is 2.23. The number of hydrogen-bond acceptors (Lipinski definition) is 3. The van der Waals surface area contributed by atoms with Crippen LogP contribution in [-0.4, -0.2) is 12.5 Å². The van der Waals surface area contributed by atoms with Crippen molar-refractivity contribution in [3.8, 4) is 5.75 Å². The third-order valence-corrected chi connectivity index (χ3v) is 3.87. The van der Waals surface area contributed by atoms with Gasteiger partial charge in [-0.2, -0.15) is 0 Å². The van der Waals surface area contributed by atoms with Crippen molar-refractivity contribution in [1.82, 2.24) is 0 Å². The number of nitrogen functional groups attached to an aromatic ring is 1. The van der Waals surface area contributed by atoms with E-state index >= 15 is 0 Å². The van der Waals surface area contributed by atoms with E-state index in [0.29, 0.717) is 35.2 Å². The number of rotatable bonds is 5. The number of anilines is 2. The Balaban J connectivity index is 1.80. The molecule has 0 bridgehead atoms. The van der Waals surface area contributed by atoms with E-state index in [-0.39, 0.29) is 5.91 Å². The quantitative estimate of drug-likeness (QED) is 0.826. The van der Waals surface area contributed by atoms with Gasteiger partial charge in [0, 0.05) is 17.3 Å². The number of carbonyl (C=O) groups excluding carboxylic acids is 1. The predicted molar refractivity (Wildman–Crippen MR) is 88.2 cm³/mol. The zero-order chi connectivity index (χ0) is 16.4. The summed E-state index contributed by atoms with van der Waals surface area (Å²) in [4.78, 5) is 12.5. The lowest BCUT2D eigenvalue weighted by Crippen LogP contribution is -2.15. The molecule has 1 amide bonds. The average Bonchev–Trinajstić information content (AvgIpc) is 3.34. The van der Waals surface area contributed by atoms with Crippen molar-refractivity contribution in [3.05, 3.63) is 53.3 Å². The van der Waals surface area contributed by atoms with Gasteiger partial charge in [-0.05, 0) is 55.5 Å². The molecule has 2 aromatic rings. The Bertz CT molecular complexity index is 742. The highest BCUT2D eigenvalue weighted by Crippen LogP contribution is 2.32. The van der Waals surface area contributed by atoms with E-state index in [4.69, 9.17) is 10.5 Å². The fraction of sp³-hybridized carbons (Fsp3) is 0.278. The van der Waals surface area contributed by atoms with E-state index in [1.54, 1.807) is 18.2 Å². The molecular formula is C18H19FN2O2. The van der Waals surface area contributed by atoms with Crippen LogP contribution in [0, 0.1) is 18.7 Å². The molecule has 23 heavy (non-hydrogen) atoms. The Morgan fingerprint density at radius 1 is 1.30 bits per heavy atom. The zero-order valence-electron chi connectivity index (χ0n) is 12.9. The van der Waals surface area contributed by atoms with Crippen molar-refractivity contribution in [2.24, 2.45) is 5.92 Å². The van der Waals surface area contributed by atoms with Gasteiger partial charge in [0.1, 0.15) is 11.6 Å². The number of nitrogens with one attached hydrogen (secondary N) is 1. The van der Waals surface area contributed by atoms with Gasteiger partial charge in [0.05, 0.1) is 12.3 Å². The van der Waals surface area contributed by atoms with Crippen LogP contribution < -0.4 is 15.8 Å². The summed E-state index contributed by atoms with van der Waals surface area (Å²) in [6.45, 7) is 2.38. The van der Waals surface area contributed by atoms with Crippen molar-refractivity contribution in [3.63, 3.8) is 0 Å². The number of carbonyl (C=O) groups is 1. The Labute approximate surface area is 134 Å². The first-order valence-electron chi connectivity index (χ1n) is 7.63. The molecule has 4 nitrogen and oxygen atoms in total. The second kappa shape index (κ2) is 6.28. The number of hydrogen-bond donors (Lipinski definition) is 2. The van der Waals surface area contributed by atoms with Crippen molar-refractivity contribution in [1.29, 1.82) is 0 Å². The van der Waals surface area contributed by atoms with E-state index in [2.05, 4.69) is 5.32 Å². The van der Waals surface area contributed by atoms with Crippen LogP contribution in [0.5, 0.6) is 5.75 Å². The molecular weight excluding hydrogens is 295 g/mol. The Morgan fingerprint density at radius 3 is 2.83 bits per heavy atom. The van der Waals surface area contributed by atoms with Crippen LogP contribution in [0.4, 0.5) is 15.8 Å². The number of nitrogens with two attached hydrogens (primary N) is 1. The maximum absolute atomic E-state index is 13.5. The molecule has 0 aliphatic heterocycles. The summed E-state index contributed by atoms with van der Waals surface area (Å²) in [7, 11) is 0. The van der Waals surface area contributed by atoms with Gasteiger partial charge in [0.15, 0.2) is 0 Å². The molecule has 3 rings (SSSR count). The van der Waals surface area contributed by atoms with Gasteiger partial charge >= 0.3 is 0 Å². The van der Waals surface area contributed by atoms with Gasteiger partial charge in [-0.1, -0.05) is 6.07 Å². The molecule has 0 unspecified atom stereocenters. The summed E-state index contributed by atoms with van der Waals surface area (Å²) in [5, 5.41) is 2.78. The highest BCUT2D eigenvalue weighted by atomic mass is 19.1. The number of aryl methyl sites for hydroxylation is 1. The normalized spacial score (nSPS) is 13.7. The largest absolute Gasteiger partial charge is 0.491 e. The van der Waals surface area contributed by atoms with Crippen LogP contribution in [0.15, 0.2) is 36.4 Å². The predicted octanol–water partition coefficient (Wildman–Crippen LogP) is 3.76. The van der Waals surface area contributed by atoms with Crippen molar-refractivity contribution >= 4 is 17.3 Å². The first-order chi connectivity index (χ1) is 11.0. The Morgan fingerprint density at radius 2 is 2.09 bits per heavy atom. The van der Waals surface area contributed by atoms with Gasteiger partial charge in [0.25, 0.3) is 5.91 Å². The molecule has 120 valence electrons. The fourth-order valence-electron chi connectivity index (χ4n) is 2.28. The van der Waals surface area contributed by atoms with Gasteiger partial charge in [-0.3, -0.25) is 4.79 Å². The lowest BCUT2D eigenvalue weighted by Gasteiger charge is -2.13. The number of halogens is 1. The highest BCUT2D eigenvalue weighted by molar-refractivity contribution is 6.06. The van der Waals surface area contributed by atoms with E-state index in [1.165, 1.54) is 18.2 Å². The van der Waals surface area contributed by atoms with Crippen molar-refractivity contribution in [2.75, 3.05) is 17.7 Å². The summed E-state index contributed by atoms with van der Waals surface area (Å²) >= 11 is 0. The summed E-state index contributed by atoms with van der Waals surface area (Å²) in [6.07, 6.45) is 2.28. The van der Waals surface area contributed by atoms with E-state index in [1.807, 2.05) is 6.92 Å². The van der Waals surface area contributed by atoms with Gasteiger partial charge in [0.2, 0.25) is 0 Å². The van der Waals surface area contributed by atoms with Crippen molar-refractivity contribution < 1.29 is 13.9 Å². The lowest BCUT2D eigenvalue weighted by atomic mass is 10.1. The maximum atomic E-state index is 13.5. The third-order valence-electron chi connectivity index (χ3n) is 3.87. The Hall–Kier alpha value is -2.56. The average molecular weight is 314 g/mol. The molecule has 2 aromatic carbocycles. The molecule has 0 aromatic heterocycles. The molecule has 0 heterocycles. The molecule has 0 saturated heterocycles. The van der Waals surface area contributed by atoms with Crippen LogP contribution in [0.25, 0.3) is 0 Å². The molecule has 1 aliphatic rings. The van der Waals surface area contributed by atoms with Crippen molar-refractivity contribution in [2.45, 2.75) is 19.8 Å². The summed E-state index contributed by atoms with van der Waals surface area (Å²) < 4.78 is 19.1. The SMILES string of the molecule is Cc1ccc(N)cc1C(=O)Nc1ccc(F)cc1OCC1CC1. The smallest absolute Gasteiger partial charge is 0.256 e. The van der Waals surface area contributed by atoms with E-state index in [0.717, 1.165) is 18.4 Å². The minimum absolute atomic E-state index is 0.294. The lowest BCUT2D eigenvalue weighted by molar-refractivity contribution is 0.102. The maximum Gasteiger partial charge on any atom is 0.256 e. The molecule has 0 radical (unpaired) electrons. The molecule has 3 N–H and O–H groups in total. The zero-order valence-corrected chi connectivity index (χ0v) is 12.9. The van der Waals surface area contributed by atoms with Crippen LogP contribution >= 0.6 is 0 Å². The van der Waals surface area contributed by atoms with Crippen LogP contribution in [-0.2, 0) is 0 Å². The second-order valence-corrected chi connectivity index (χ2v) is 5.92. The van der Waals surface area contributed by atoms with Crippen LogP contribution in [0.3, 0.4) is 0 Å². The molecule has 0 atom stereocenters. The molecule has 5 heteroatoms. The summed E-state index contributed by atoms with van der Waals surface area (Å²) in [5.74, 6) is 0.205. The van der Waals surface area contributed by atoms with Gasteiger partial charge in [-0.15, -0.1) is 0 Å². The topological polar surface area (TPSA) is 64.4 Å². The number of amides is 1. The van der Waals surface area contributed by atoms with Gasteiger partial charge < -0.3 is 15.8 Å². The fourth-order valence-corrected chi connectivity index (χ4v) is 2.28. The summed E-state index contributed by atoms with van der Waals surface area (Å²) in [6, 6.07) is 9.26. The van der Waals surface area contributed by atoms with Crippen LogP contribution in [0.1, 0.15) is 28.8 Å². The minimum Gasteiger partial charge on any atom is -0.491 e.